The molecule has 0 fully saturated rings. The SMILES string of the molecule is CCN(CC)CC=Nc1cc(-c2c(-c3cccc(C)c3)nc3cccnn23)ccn1. The van der Waals surface area contributed by atoms with Gasteiger partial charge in [-0.15, -0.1) is 0 Å². The highest BCUT2D eigenvalue weighted by Gasteiger charge is 2.17. The van der Waals surface area contributed by atoms with Gasteiger partial charge < -0.3 is 0 Å². The predicted octanol–water partition coefficient (Wildman–Crippen LogP) is 4.81. The van der Waals surface area contributed by atoms with Gasteiger partial charge in [0, 0.05) is 36.3 Å². The Balaban J connectivity index is 1.78. The number of imidazole rings is 1. The summed E-state index contributed by atoms with van der Waals surface area (Å²) in [5.74, 6) is 0.681. The molecule has 0 N–H and O–H groups in total. The second-order valence-corrected chi connectivity index (χ2v) is 7.17. The van der Waals surface area contributed by atoms with Gasteiger partial charge in [0.15, 0.2) is 11.5 Å². The van der Waals surface area contributed by atoms with Crippen molar-refractivity contribution in [2.75, 3.05) is 19.6 Å². The van der Waals surface area contributed by atoms with Gasteiger partial charge in [0.2, 0.25) is 0 Å². The maximum absolute atomic E-state index is 4.87. The van der Waals surface area contributed by atoms with Gasteiger partial charge in [-0.3, -0.25) is 4.90 Å². The summed E-state index contributed by atoms with van der Waals surface area (Å²) in [4.78, 5) is 16.2. The number of hydrogen-bond acceptors (Lipinski definition) is 5. The van der Waals surface area contributed by atoms with Crippen LogP contribution in [0.2, 0.25) is 0 Å². The van der Waals surface area contributed by atoms with Crippen molar-refractivity contribution in [2.45, 2.75) is 20.8 Å². The van der Waals surface area contributed by atoms with Crippen LogP contribution >= 0.6 is 0 Å². The monoisotopic (exact) mass is 398 g/mol. The first-order chi connectivity index (χ1) is 14.7. The summed E-state index contributed by atoms with van der Waals surface area (Å²) in [7, 11) is 0. The molecule has 0 bridgehead atoms. The van der Waals surface area contributed by atoms with Crippen LogP contribution in [0.1, 0.15) is 19.4 Å². The van der Waals surface area contributed by atoms with Gasteiger partial charge in [-0.25, -0.2) is 19.5 Å². The molecule has 3 aromatic heterocycles. The summed E-state index contributed by atoms with van der Waals surface area (Å²) in [6.07, 6.45) is 5.50. The third kappa shape index (κ3) is 4.14. The Morgan fingerprint density at radius 3 is 2.67 bits per heavy atom. The maximum Gasteiger partial charge on any atom is 0.154 e. The number of aliphatic imine (C=N–C) groups is 1. The average molecular weight is 399 g/mol. The Bertz CT molecular complexity index is 1170. The second-order valence-electron chi connectivity index (χ2n) is 7.17. The molecule has 152 valence electrons. The number of aryl methyl sites for hydroxylation is 1. The molecule has 0 aliphatic rings. The second kappa shape index (κ2) is 8.97. The summed E-state index contributed by atoms with van der Waals surface area (Å²) in [6, 6.07) is 16.2. The highest BCUT2D eigenvalue weighted by atomic mass is 15.3. The highest BCUT2D eigenvalue weighted by molar-refractivity contribution is 5.82. The maximum atomic E-state index is 4.87. The van der Waals surface area contributed by atoms with Crippen LogP contribution in [0, 0.1) is 6.92 Å². The van der Waals surface area contributed by atoms with Gasteiger partial charge in [-0.1, -0.05) is 37.6 Å². The van der Waals surface area contributed by atoms with Crippen LogP contribution < -0.4 is 0 Å². The fraction of sp³-hybridized carbons (Fsp3) is 0.250. The average Bonchev–Trinajstić information content (AvgIpc) is 3.17. The molecule has 0 saturated heterocycles. The topological polar surface area (TPSA) is 58.7 Å². The largest absolute Gasteiger partial charge is 0.299 e. The molecular formula is C24H26N6. The molecule has 6 heteroatoms. The van der Waals surface area contributed by atoms with Crippen molar-refractivity contribution >= 4 is 17.7 Å². The summed E-state index contributed by atoms with van der Waals surface area (Å²) in [6.45, 7) is 9.21. The Morgan fingerprint density at radius 1 is 1.00 bits per heavy atom. The fourth-order valence-electron chi connectivity index (χ4n) is 3.51. The van der Waals surface area contributed by atoms with E-state index in [0.717, 1.165) is 47.8 Å². The number of benzene rings is 1. The van der Waals surface area contributed by atoms with Gasteiger partial charge in [-0.2, -0.15) is 5.10 Å². The lowest BCUT2D eigenvalue weighted by atomic mass is 10.0. The number of hydrogen-bond donors (Lipinski definition) is 0. The summed E-state index contributed by atoms with van der Waals surface area (Å²) in [5, 5.41) is 4.55. The third-order valence-corrected chi connectivity index (χ3v) is 5.16. The molecule has 3 heterocycles. The van der Waals surface area contributed by atoms with Crippen molar-refractivity contribution in [1.82, 2.24) is 24.5 Å². The lowest BCUT2D eigenvalue weighted by Crippen LogP contribution is -2.24. The van der Waals surface area contributed by atoms with Crippen molar-refractivity contribution in [3.8, 4) is 22.5 Å². The van der Waals surface area contributed by atoms with Gasteiger partial charge in [0.1, 0.15) is 5.69 Å². The van der Waals surface area contributed by atoms with E-state index in [1.807, 2.05) is 35.0 Å². The molecule has 6 nitrogen and oxygen atoms in total. The molecule has 4 aromatic rings. The van der Waals surface area contributed by atoms with Gasteiger partial charge >= 0.3 is 0 Å². The van der Waals surface area contributed by atoms with Crippen LogP contribution in [0.25, 0.3) is 28.2 Å². The minimum atomic E-state index is 0.681. The van der Waals surface area contributed by atoms with E-state index >= 15 is 0 Å². The van der Waals surface area contributed by atoms with E-state index in [2.05, 4.69) is 65.0 Å². The van der Waals surface area contributed by atoms with Gasteiger partial charge in [-0.05, 0) is 50.3 Å². The molecule has 0 atom stereocenters. The smallest absolute Gasteiger partial charge is 0.154 e. The molecular weight excluding hydrogens is 372 g/mol. The van der Waals surface area contributed by atoms with Crippen molar-refractivity contribution in [2.24, 2.45) is 4.99 Å². The molecule has 0 saturated carbocycles. The molecule has 1 aromatic carbocycles. The van der Waals surface area contributed by atoms with E-state index in [4.69, 9.17) is 4.98 Å². The first-order valence-electron chi connectivity index (χ1n) is 10.3. The molecule has 4 rings (SSSR count). The van der Waals surface area contributed by atoms with E-state index in [9.17, 15) is 0 Å². The van der Waals surface area contributed by atoms with Crippen molar-refractivity contribution < 1.29 is 0 Å². The summed E-state index contributed by atoms with van der Waals surface area (Å²) >= 11 is 0. The number of pyridine rings is 1. The van der Waals surface area contributed by atoms with Crippen LogP contribution in [0.5, 0.6) is 0 Å². The van der Waals surface area contributed by atoms with E-state index in [1.165, 1.54) is 5.56 Å². The zero-order valence-electron chi connectivity index (χ0n) is 17.7. The van der Waals surface area contributed by atoms with E-state index in [-0.39, 0.29) is 0 Å². The molecule has 0 aliphatic carbocycles. The first-order valence-corrected chi connectivity index (χ1v) is 10.3. The molecule has 0 amide bonds. The molecule has 0 radical (unpaired) electrons. The zero-order chi connectivity index (χ0) is 20.9. The van der Waals surface area contributed by atoms with Crippen LogP contribution in [0.3, 0.4) is 0 Å². The van der Waals surface area contributed by atoms with Gasteiger partial charge in [0.25, 0.3) is 0 Å². The molecule has 30 heavy (non-hydrogen) atoms. The minimum Gasteiger partial charge on any atom is -0.299 e. The Kier molecular flexibility index (Phi) is 5.95. The number of nitrogens with zero attached hydrogens (tertiary/aromatic N) is 6. The standard InChI is InChI=1S/C24H26N6/c1-4-29(5-2)15-14-26-21-17-20(11-13-25-21)24-23(19-9-6-8-18(3)16-19)28-22-10-7-12-27-30(22)24/h6-14,16-17H,4-5,15H2,1-3H3. The van der Waals surface area contributed by atoms with Crippen molar-refractivity contribution in [1.29, 1.82) is 0 Å². The van der Waals surface area contributed by atoms with Crippen molar-refractivity contribution in [3.63, 3.8) is 0 Å². The minimum absolute atomic E-state index is 0.681. The number of fused-ring (bicyclic) bond motifs is 1. The lowest BCUT2D eigenvalue weighted by molar-refractivity contribution is 0.350. The van der Waals surface area contributed by atoms with Crippen molar-refractivity contribution in [3.05, 3.63) is 66.5 Å². The van der Waals surface area contributed by atoms with Crippen LogP contribution in [0.15, 0.2) is 65.9 Å². The Morgan fingerprint density at radius 2 is 1.87 bits per heavy atom. The van der Waals surface area contributed by atoms with E-state index < -0.39 is 0 Å². The van der Waals surface area contributed by atoms with E-state index in [1.54, 1.807) is 12.4 Å². The highest BCUT2D eigenvalue weighted by Crippen LogP contribution is 2.33. The third-order valence-electron chi connectivity index (χ3n) is 5.16. The first kappa shape index (κ1) is 19.9. The normalized spacial score (nSPS) is 11.7. The predicted molar refractivity (Wildman–Crippen MR) is 122 cm³/mol. The molecule has 0 unspecified atom stereocenters. The molecule has 0 aliphatic heterocycles. The van der Waals surface area contributed by atoms with E-state index in [0.29, 0.717) is 5.82 Å². The van der Waals surface area contributed by atoms with Crippen LogP contribution in [-0.4, -0.2) is 50.3 Å². The van der Waals surface area contributed by atoms with Crippen LogP contribution in [-0.2, 0) is 0 Å². The lowest BCUT2D eigenvalue weighted by Gasteiger charge is -2.14. The summed E-state index contributed by atoms with van der Waals surface area (Å²) < 4.78 is 1.89. The quantitative estimate of drug-likeness (QED) is 0.419. The Labute approximate surface area is 177 Å². The van der Waals surface area contributed by atoms with Gasteiger partial charge in [0.05, 0.1) is 5.69 Å². The fourth-order valence-corrected chi connectivity index (χ4v) is 3.51. The number of aromatic nitrogens is 4. The summed E-state index contributed by atoms with van der Waals surface area (Å²) in [5.41, 5.74) is 5.91. The number of rotatable bonds is 7. The van der Waals surface area contributed by atoms with Crippen LogP contribution in [0.4, 0.5) is 5.82 Å². The molecule has 0 spiro atoms. The Hall–Kier alpha value is -3.38. The zero-order valence-corrected chi connectivity index (χ0v) is 17.7.